The molecule has 1 heterocycles. The molecule has 1 aliphatic rings. The third kappa shape index (κ3) is 3.56. The molecule has 0 aliphatic carbocycles. The van der Waals surface area contributed by atoms with E-state index in [1.807, 2.05) is 18.7 Å². The number of amides is 1. The molecule has 1 saturated heterocycles. The van der Waals surface area contributed by atoms with Crippen LogP contribution in [0.2, 0.25) is 0 Å². The van der Waals surface area contributed by atoms with Gasteiger partial charge in [0.2, 0.25) is 5.91 Å². The van der Waals surface area contributed by atoms with Gasteiger partial charge in [0.25, 0.3) is 0 Å². The second-order valence-electron chi connectivity index (χ2n) is 5.01. The molecule has 2 rings (SSSR count). The van der Waals surface area contributed by atoms with Crippen LogP contribution < -0.4 is 4.90 Å². The van der Waals surface area contributed by atoms with Crippen molar-refractivity contribution in [2.24, 2.45) is 0 Å². The van der Waals surface area contributed by atoms with Gasteiger partial charge in [-0.3, -0.25) is 4.79 Å². The Morgan fingerprint density at radius 1 is 1.11 bits per heavy atom. The molecule has 19 heavy (non-hydrogen) atoms. The van der Waals surface area contributed by atoms with Crippen molar-refractivity contribution >= 4 is 11.6 Å². The van der Waals surface area contributed by atoms with Crippen LogP contribution in [0.4, 0.5) is 10.1 Å². The lowest BCUT2D eigenvalue weighted by molar-refractivity contribution is -0.126. The number of hydrogen-bond acceptors (Lipinski definition) is 2. The maximum Gasteiger partial charge on any atom is 0.246 e. The highest BCUT2D eigenvalue weighted by atomic mass is 19.1. The van der Waals surface area contributed by atoms with Crippen LogP contribution in [0, 0.1) is 5.82 Å². The number of carbonyl (C=O) groups excluding carboxylic acids is 1. The lowest BCUT2D eigenvalue weighted by Crippen LogP contribution is -2.48. The SMILES string of the molecule is CC(C)=CC(=O)N1CCN(c2ccc(F)cc2)CC1. The normalized spacial score (nSPS) is 15.3. The van der Waals surface area contributed by atoms with Crippen molar-refractivity contribution in [1.29, 1.82) is 0 Å². The number of benzene rings is 1. The first-order chi connectivity index (χ1) is 9.06. The highest BCUT2D eigenvalue weighted by Gasteiger charge is 2.19. The zero-order valence-electron chi connectivity index (χ0n) is 11.4. The Morgan fingerprint density at radius 3 is 2.21 bits per heavy atom. The molecule has 0 atom stereocenters. The average Bonchev–Trinajstić information content (AvgIpc) is 2.39. The second kappa shape index (κ2) is 5.87. The van der Waals surface area contributed by atoms with Crippen LogP contribution in [0.15, 0.2) is 35.9 Å². The molecule has 0 bridgehead atoms. The van der Waals surface area contributed by atoms with Crippen LogP contribution in [0.5, 0.6) is 0 Å². The Morgan fingerprint density at radius 2 is 1.68 bits per heavy atom. The van der Waals surface area contributed by atoms with Gasteiger partial charge in [0.15, 0.2) is 0 Å². The highest BCUT2D eigenvalue weighted by Crippen LogP contribution is 2.17. The van der Waals surface area contributed by atoms with Gasteiger partial charge in [-0.05, 0) is 38.1 Å². The summed E-state index contributed by atoms with van der Waals surface area (Å²) in [5, 5.41) is 0. The van der Waals surface area contributed by atoms with Gasteiger partial charge in [0.1, 0.15) is 5.82 Å². The fourth-order valence-corrected chi connectivity index (χ4v) is 2.18. The quantitative estimate of drug-likeness (QED) is 0.764. The van der Waals surface area contributed by atoms with Gasteiger partial charge in [0, 0.05) is 37.9 Å². The molecule has 4 heteroatoms. The molecule has 1 amide bonds. The fourth-order valence-electron chi connectivity index (χ4n) is 2.18. The summed E-state index contributed by atoms with van der Waals surface area (Å²) in [6.45, 7) is 6.83. The van der Waals surface area contributed by atoms with E-state index < -0.39 is 0 Å². The van der Waals surface area contributed by atoms with Gasteiger partial charge >= 0.3 is 0 Å². The summed E-state index contributed by atoms with van der Waals surface area (Å²) in [5.41, 5.74) is 2.03. The van der Waals surface area contributed by atoms with Crippen molar-refractivity contribution in [2.75, 3.05) is 31.1 Å². The third-order valence-electron chi connectivity index (χ3n) is 3.20. The molecule has 0 unspecified atom stereocenters. The summed E-state index contributed by atoms with van der Waals surface area (Å²) >= 11 is 0. The number of rotatable bonds is 2. The van der Waals surface area contributed by atoms with E-state index in [0.717, 1.165) is 24.4 Å². The molecular weight excluding hydrogens is 243 g/mol. The van der Waals surface area contributed by atoms with Gasteiger partial charge in [0.05, 0.1) is 0 Å². The summed E-state index contributed by atoms with van der Waals surface area (Å²) < 4.78 is 12.9. The molecule has 0 aromatic heterocycles. The molecule has 3 nitrogen and oxygen atoms in total. The summed E-state index contributed by atoms with van der Waals surface area (Å²) in [6, 6.07) is 6.50. The molecular formula is C15H19FN2O. The third-order valence-corrected chi connectivity index (χ3v) is 3.20. The monoisotopic (exact) mass is 262 g/mol. The van der Waals surface area contributed by atoms with Gasteiger partial charge in [-0.25, -0.2) is 4.39 Å². The second-order valence-corrected chi connectivity index (χ2v) is 5.01. The number of allylic oxidation sites excluding steroid dienone is 1. The molecule has 102 valence electrons. The summed E-state index contributed by atoms with van der Waals surface area (Å²) in [6.07, 6.45) is 1.67. The lowest BCUT2D eigenvalue weighted by atomic mass is 10.2. The minimum atomic E-state index is -0.221. The van der Waals surface area contributed by atoms with Crippen LogP contribution in [0.25, 0.3) is 0 Å². The highest BCUT2D eigenvalue weighted by molar-refractivity contribution is 5.88. The summed E-state index contributed by atoms with van der Waals surface area (Å²) in [4.78, 5) is 15.9. The van der Waals surface area contributed by atoms with Crippen molar-refractivity contribution in [1.82, 2.24) is 4.90 Å². The molecule has 0 saturated carbocycles. The molecule has 1 aliphatic heterocycles. The molecule has 1 aromatic rings. The minimum Gasteiger partial charge on any atom is -0.368 e. The van der Waals surface area contributed by atoms with Crippen LogP contribution in [-0.2, 0) is 4.79 Å². The maximum absolute atomic E-state index is 12.9. The Balaban J connectivity index is 1.94. The number of anilines is 1. The van der Waals surface area contributed by atoms with Gasteiger partial charge < -0.3 is 9.80 Å². The molecule has 0 spiro atoms. The Hall–Kier alpha value is -1.84. The first-order valence-corrected chi connectivity index (χ1v) is 6.50. The van der Waals surface area contributed by atoms with E-state index in [-0.39, 0.29) is 11.7 Å². The standard InChI is InChI=1S/C15H19FN2O/c1-12(2)11-15(19)18-9-7-17(8-10-18)14-5-3-13(16)4-6-14/h3-6,11H,7-10H2,1-2H3. The average molecular weight is 262 g/mol. The van der Waals surface area contributed by atoms with E-state index in [2.05, 4.69) is 4.90 Å². The van der Waals surface area contributed by atoms with Gasteiger partial charge in [-0.15, -0.1) is 0 Å². The molecule has 0 N–H and O–H groups in total. The van der Waals surface area contributed by atoms with Crippen LogP contribution in [-0.4, -0.2) is 37.0 Å². The zero-order valence-corrected chi connectivity index (χ0v) is 11.4. The number of carbonyl (C=O) groups is 1. The van der Waals surface area contributed by atoms with Crippen molar-refractivity contribution < 1.29 is 9.18 Å². The number of piperazine rings is 1. The molecule has 0 radical (unpaired) electrons. The Kier molecular flexibility index (Phi) is 4.20. The number of hydrogen-bond donors (Lipinski definition) is 0. The summed E-state index contributed by atoms with van der Waals surface area (Å²) in [5.74, 6) is -0.139. The van der Waals surface area contributed by atoms with Crippen molar-refractivity contribution in [3.63, 3.8) is 0 Å². The van der Waals surface area contributed by atoms with Gasteiger partial charge in [-0.2, -0.15) is 0 Å². The van der Waals surface area contributed by atoms with E-state index in [4.69, 9.17) is 0 Å². The van der Waals surface area contributed by atoms with E-state index in [9.17, 15) is 9.18 Å². The Bertz CT molecular complexity index is 469. The van der Waals surface area contributed by atoms with Crippen molar-refractivity contribution in [2.45, 2.75) is 13.8 Å². The largest absolute Gasteiger partial charge is 0.368 e. The number of nitrogens with zero attached hydrogens (tertiary/aromatic N) is 2. The van der Waals surface area contributed by atoms with Crippen LogP contribution in [0.1, 0.15) is 13.8 Å². The zero-order chi connectivity index (χ0) is 13.8. The first-order valence-electron chi connectivity index (χ1n) is 6.50. The minimum absolute atomic E-state index is 0.0822. The number of halogens is 1. The van der Waals surface area contributed by atoms with E-state index in [1.165, 1.54) is 12.1 Å². The summed E-state index contributed by atoms with van der Waals surface area (Å²) in [7, 11) is 0. The predicted octanol–water partition coefficient (Wildman–Crippen LogP) is 2.44. The molecule has 1 aromatic carbocycles. The van der Waals surface area contributed by atoms with Gasteiger partial charge in [-0.1, -0.05) is 5.57 Å². The lowest BCUT2D eigenvalue weighted by Gasteiger charge is -2.35. The fraction of sp³-hybridized carbons (Fsp3) is 0.400. The topological polar surface area (TPSA) is 23.6 Å². The smallest absolute Gasteiger partial charge is 0.246 e. The van der Waals surface area contributed by atoms with Crippen molar-refractivity contribution in [3.05, 3.63) is 41.7 Å². The van der Waals surface area contributed by atoms with E-state index >= 15 is 0 Å². The predicted molar refractivity (Wildman–Crippen MR) is 74.6 cm³/mol. The van der Waals surface area contributed by atoms with Crippen LogP contribution >= 0.6 is 0 Å². The first kappa shape index (κ1) is 13.6. The maximum atomic E-state index is 12.9. The van der Waals surface area contributed by atoms with Crippen molar-refractivity contribution in [3.8, 4) is 0 Å². The van der Waals surface area contributed by atoms with E-state index in [1.54, 1.807) is 18.2 Å². The van der Waals surface area contributed by atoms with E-state index in [0.29, 0.717) is 13.1 Å². The van der Waals surface area contributed by atoms with Crippen LogP contribution in [0.3, 0.4) is 0 Å². The Labute approximate surface area is 113 Å². The molecule has 1 fully saturated rings.